The number of nitrogens with two attached hydrogens (primary N) is 1. The van der Waals surface area contributed by atoms with E-state index in [2.05, 4.69) is 45.0 Å². The van der Waals surface area contributed by atoms with Gasteiger partial charge in [-0.1, -0.05) is 35.9 Å². The minimum Gasteiger partial charge on any atom is -0.383 e. The van der Waals surface area contributed by atoms with Crippen LogP contribution in [-0.2, 0) is 16.2 Å². The predicted octanol–water partition coefficient (Wildman–Crippen LogP) is 5.87. The van der Waals surface area contributed by atoms with Crippen LogP contribution >= 0.6 is 11.6 Å². The summed E-state index contributed by atoms with van der Waals surface area (Å²) < 4.78 is 4.16. The minimum absolute atomic E-state index is 0.0931. The molecule has 1 fully saturated rings. The Kier molecular flexibility index (Phi) is 6.72. The average Bonchev–Trinajstić information content (AvgIpc) is 3.52. The number of hydroxylamine groups is 2. The molecular weight excluding hydrogens is 526 g/mol. The number of nitrogens with zero attached hydrogens (tertiary/aromatic N) is 6. The summed E-state index contributed by atoms with van der Waals surface area (Å²) in [4.78, 5) is 26.8. The number of rotatable bonds is 5. The summed E-state index contributed by atoms with van der Waals surface area (Å²) in [5, 5.41) is 9.40. The number of aromatic nitrogens is 5. The first-order valence-corrected chi connectivity index (χ1v) is 13.9. The third kappa shape index (κ3) is 4.91. The highest BCUT2D eigenvalue weighted by molar-refractivity contribution is 6.31. The molecule has 0 unspecified atom stereocenters. The number of carbonyl (C=O) groups excluding carboxylic acids is 1. The second kappa shape index (κ2) is 10.2. The normalized spacial score (nSPS) is 15.2. The van der Waals surface area contributed by atoms with Crippen molar-refractivity contribution < 1.29 is 9.63 Å². The molecule has 6 rings (SSSR count). The first-order valence-electron chi connectivity index (χ1n) is 13.5. The topological polar surface area (TPSA) is 104 Å². The molecular formula is C30H32ClN7O2. The van der Waals surface area contributed by atoms with Gasteiger partial charge in [0.25, 0.3) is 0 Å². The molecule has 1 aliphatic heterocycles. The summed E-state index contributed by atoms with van der Waals surface area (Å²) >= 11 is 6.41. The van der Waals surface area contributed by atoms with Crippen LogP contribution < -0.4 is 5.73 Å². The molecule has 1 saturated heterocycles. The second-order valence-corrected chi connectivity index (χ2v) is 11.8. The Labute approximate surface area is 237 Å². The van der Waals surface area contributed by atoms with Crippen LogP contribution in [0.25, 0.3) is 33.2 Å². The largest absolute Gasteiger partial charge is 0.383 e. The van der Waals surface area contributed by atoms with Gasteiger partial charge in [-0.2, -0.15) is 5.10 Å². The molecule has 0 aliphatic carbocycles. The van der Waals surface area contributed by atoms with Gasteiger partial charge in [-0.25, -0.2) is 19.4 Å². The lowest BCUT2D eigenvalue weighted by Crippen LogP contribution is -2.39. The number of nitrogen functional groups attached to an aromatic ring is 1. The van der Waals surface area contributed by atoms with E-state index in [9.17, 15) is 4.79 Å². The van der Waals surface area contributed by atoms with Gasteiger partial charge in [-0.3, -0.25) is 0 Å². The van der Waals surface area contributed by atoms with Crippen molar-refractivity contribution in [2.24, 2.45) is 5.41 Å². The van der Waals surface area contributed by atoms with Gasteiger partial charge in [0.1, 0.15) is 17.8 Å². The Morgan fingerprint density at radius 3 is 2.62 bits per heavy atom. The summed E-state index contributed by atoms with van der Waals surface area (Å²) in [5.74, 6) is 0.175. The van der Waals surface area contributed by atoms with E-state index >= 15 is 0 Å². The molecule has 0 amide bonds. The standard InChI is InChI=1S/C30H32ClN7O2/c1-30(2,3)29(39)40-37-14-11-22(12-15-37)38-28-25(27(32)33-18-34-28)26(35-38)20-8-9-24-19(16-20)10-13-36(24)17-21-6-4-5-7-23(21)31/h4-10,13,16,18,22H,11-12,14-15,17H2,1-3H3,(H2,32,33,34). The number of hydrogen-bond acceptors (Lipinski definition) is 7. The molecule has 0 atom stereocenters. The molecule has 0 radical (unpaired) electrons. The predicted molar refractivity (Wildman–Crippen MR) is 157 cm³/mol. The zero-order valence-electron chi connectivity index (χ0n) is 22.8. The third-order valence-electron chi connectivity index (χ3n) is 7.45. The van der Waals surface area contributed by atoms with Gasteiger partial charge in [0.05, 0.1) is 16.8 Å². The van der Waals surface area contributed by atoms with Crippen LogP contribution in [0.3, 0.4) is 0 Å². The van der Waals surface area contributed by atoms with E-state index < -0.39 is 5.41 Å². The molecule has 2 N–H and O–H groups in total. The van der Waals surface area contributed by atoms with Gasteiger partial charge in [0.2, 0.25) is 0 Å². The Morgan fingerprint density at radius 2 is 1.88 bits per heavy atom. The van der Waals surface area contributed by atoms with Crippen LogP contribution in [0.1, 0.15) is 45.2 Å². The Bertz CT molecular complexity index is 1710. The average molecular weight is 558 g/mol. The molecule has 3 aromatic heterocycles. The third-order valence-corrected chi connectivity index (χ3v) is 7.82. The fourth-order valence-corrected chi connectivity index (χ4v) is 5.38. The van der Waals surface area contributed by atoms with Crippen LogP contribution in [0.2, 0.25) is 5.02 Å². The summed E-state index contributed by atoms with van der Waals surface area (Å²) in [7, 11) is 0. The molecule has 206 valence electrons. The van der Waals surface area contributed by atoms with Gasteiger partial charge >= 0.3 is 5.97 Å². The van der Waals surface area contributed by atoms with Gasteiger partial charge in [-0.15, -0.1) is 5.06 Å². The zero-order valence-corrected chi connectivity index (χ0v) is 23.6. The number of carbonyl (C=O) groups is 1. The zero-order chi connectivity index (χ0) is 28.0. The van der Waals surface area contributed by atoms with Crippen molar-refractivity contribution in [3.63, 3.8) is 0 Å². The van der Waals surface area contributed by atoms with Crippen LogP contribution in [-0.4, -0.2) is 48.4 Å². The van der Waals surface area contributed by atoms with Crippen molar-refractivity contribution >= 4 is 45.3 Å². The lowest BCUT2D eigenvalue weighted by molar-refractivity contribution is -0.205. The van der Waals surface area contributed by atoms with E-state index in [1.165, 1.54) is 6.33 Å². The number of hydrogen-bond donors (Lipinski definition) is 1. The molecule has 10 heteroatoms. The van der Waals surface area contributed by atoms with Crippen molar-refractivity contribution in [3.8, 4) is 11.3 Å². The van der Waals surface area contributed by atoms with Crippen molar-refractivity contribution in [2.75, 3.05) is 18.8 Å². The van der Waals surface area contributed by atoms with Gasteiger partial charge in [0, 0.05) is 47.3 Å². The summed E-state index contributed by atoms with van der Waals surface area (Å²) in [6.45, 7) is 7.49. The van der Waals surface area contributed by atoms with E-state index in [0.29, 0.717) is 31.1 Å². The minimum atomic E-state index is -0.547. The fraction of sp³-hybridized carbons (Fsp3) is 0.333. The van der Waals surface area contributed by atoms with Crippen LogP contribution in [0.4, 0.5) is 5.82 Å². The maximum Gasteiger partial charge on any atom is 0.330 e. The quantitative estimate of drug-likeness (QED) is 0.288. The number of anilines is 1. The van der Waals surface area contributed by atoms with Gasteiger partial charge in [0.15, 0.2) is 5.65 Å². The van der Waals surface area contributed by atoms with Crippen LogP contribution in [0, 0.1) is 5.41 Å². The Balaban J connectivity index is 1.29. The van der Waals surface area contributed by atoms with E-state index in [1.54, 1.807) is 5.06 Å². The second-order valence-electron chi connectivity index (χ2n) is 11.3. The van der Waals surface area contributed by atoms with Crippen molar-refractivity contribution in [1.29, 1.82) is 0 Å². The monoisotopic (exact) mass is 557 g/mol. The Hall–Kier alpha value is -3.95. The lowest BCUT2D eigenvalue weighted by Gasteiger charge is -2.32. The van der Waals surface area contributed by atoms with E-state index in [4.69, 9.17) is 27.3 Å². The molecule has 40 heavy (non-hydrogen) atoms. The van der Waals surface area contributed by atoms with Crippen LogP contribution in [0.15, 0.2) is 61.1 Å². The molecule has 9 nitrogen and oxygen atoms in total. The summed E-state index contributed by atoms with van der Waals surface area (Å²) in [6.07, 6.45) is 5.09. The number of halogens is 1. The fourth-order valence-electron chi connectivity index (χ4n) is 5.18. The molecule has 5 aromatic rings. The highest BCUT2D eigenvalue weighted by Crippen LogP contribution is 2.36. The van der Waals surface area contributed by atoms with Crippen LogP contribution in [0.5, 0.6) is 0 Å². The SMILES string of the molecule is CC(C)(C)C(=O)ON1CCC(n2nc(-c3ccc4c(ccn4Cc4ccccc4Cl)c3)c3c(N)ncnc32)CC1. The molecule has 1 aliphatic rings. The first-order chi connectivity index (χ1) is 19.2. The van der Waals surface area contributed by atoms with Gasteiger partial charge < -0.3 is 15.1 Å². The van der Waals surface area contributed by atoms with E-state index in [-0.39, 0.29) is 12.0 Å². The summed E-state index contributed by atoms with van der Waals surface area (Å²) in [6, 6.07) is 16.4. The van der Waals surface area contributed by atoms with E-state index in [1.807, 2.05) is 49.7 Å². The number of fused-ring (bicyclic) bond motifs is 2. The van der Waals surface area contributed by atoms with Crippen molar-refractivity contribution in [3.05, 3.63) is 71.6 Å². The molecule has 0 saturated carbocycles. The van der Waals surface area contributed by atoms with Crippen molar-refractivity contribution in [2.45, 2.75) is 46.2 Å². The van der Waals surface area contributed by atoms with Crippen molar-refractivity contribution in [1.82, 2.24) is 29.4 Å². The lowest BCUT2D eigenvalue weighted by atomic mass is 9.98. The first kappa shape index (κ1) is 26.3. The molecule has 0 spiro atoms. The summed E-state index contributed by atoms with van der Waals surface area (Å²) in [5.41, 5.74) is 10.4. The molecule has 4 heterocycles. The highest BCUT2D eigenvalue weighted by atomic mass is 35.5. The smallest absolute Gasteiger partial charge is 0.330 e. The van der Waals surface area contributed by atoms with Gasteiger partial charge in [-0.05, 0) is 63.4 Å². The maximum atomic E-state index is 12.3. The maximum absolute atomic E-state index is 12.3. The Morgan fingerprint density at radius 1 is 1.10 bits per heavy atom. The molecule has 2 aromatic carbocycles. The number of benzene rings is 2. The molecule has 0 bridgehead atoms. The highest BCUT2D eigenvalue weighted by Gasteiger charge is 2.30. The number of piperidine rings is 1. The van der Waals surface area contributed by atoms with E-state index in [0.717, 1.165) is 51.0 Å².